The molecule has 0 radical (unpaired) electrons. The van der Waals surface area contributed by atoms with Crippen molar-refractivity contribution in [3.05, 3.63) is 12.3 Å². The van der Waals surface area contributed by atoms with E-state index in [1.807, 2.05) is 11.0 Å². The number of likely N-dealkylation sites (N-methyl/N-ethyl adjacent to an activating group) is 1. The number of hydrogen-bond donors (Lipinski definition) is 1. The van der Waals surface area contributed by atoms with Crippen molar-refractivity contribution in [1.82, 2.24) is 20.2 Å². The maximum absolute atomic E-state index is 12.0. The molecule has 0 aromatic carbocycles. The average Bonchev–Trinajstić information content (AvgIpc) is 3.18. The van der Waals surface area contributed by atoms with Crippen LogP contribution in [0.1, 0.15) is 12.8 Å². The normalized spacial score (nSPS) is 27.9. The van der Waals surface area contributed by atoms with E-state index in [1.165, 1.54) is 0 Å². The summed E-state index contributed by atoms with van der Waals surface area (Å²) in [6.45, 7) is 2.79. The third-order valence-corrected chi connectivity index (χ3v) is 5.52. The van der Waals surface area contributed by atoms with E-state index in [0.717, 1.165) is 38.3 Å². The zero-order valence-corrected chi connectivity index (χ0v) is 15.1. The molecule has 0 unspecified atom stereocenters. The zero-order chi connectivity index (χ0) is 17.6. The van der Waals surface area contributed by atoms with Gasteiger partial charge in [-0.05, 0) is 33.0 Å². The quantitative estimate of drug-likeness (QED) is 0.803. The second-order valence-corrected chi connectivity index (χ2v) is 7.61. The SMILES string of the molecule is CO[C@@H]1CN(c2ccnc(N3CC(=O)NC4(CC4)C3)n2)C[C@@H]1N(C)C. The van der Waals surface area contributed by atoms with Gasteiger partial charge in [0.1, 0.15) is 5.82 Å². The van der Waals surface area contributed by atoms with Crippen LogP contribution in [0.2, 0.25) is 0 Å². The van der Waals surface area contributed by atoms with Crippen molar-refractivity contribution < 1.29 is 9.53 Å². The van der Waals surface area contributed by atoms with Crippen LogP contribution in [0.5, 0.6) is 0 Å². The van der Waals surface area contributed by atoms with E-state index in [2.05, 4.69) is 34.2 Å². The predicted molar refractivity (Wildman–Crippen MR) is 94.8 cm³/mol. The summed E-state index contributed by atoms with van der Waals surface area (Å²) < 4.78 is 5.64. The first-order chi connectivity index (χ1) is 12.0. The number of nitrogens with one attached hydrogen (secondary N) is 1. The Bertz CT molecular complexity index is 662. The van der Waals surface area contributed by atoms with Gasteiger partial charge < -0.3 is 24.8 Å². The third-order valence-electron chi connectivity index (χ3n) is 5.52. The van der Waals surface area contributed by atoms with E-state index in [4.69, 9.17) is 9.72 Å². The van der Waals surface area contributed by atoms with Gasteiger partial charge in [-0.25, -0.2) is 4.98 Å². The van der Waals surface area contributed by atoms with Crippen LogP contribution in [0, 0.1) is 0 Å². The summed E-state index contributed by atoms with van der Waals surface area (Å²) >= 11 is 0. The van der Waals surface area contributed by atoms with Crippen LogP contribution in [0.3, 0.4) is 0 Å². The lowest BCUT2D eigenvalue weighted by Crippen LogP contribution is -2.56. The zero-order valence-electron chi connectivity index (χ0n) is 15.1. The molecule has 1 saturated carbocycles. The number of methoxy groups -OCH3 is 1. The Morgan fingerprint density at radius 2 is 2.12 bits per heavy atom. The summed E-state index contributed by atoms with van der Waals surface area (Å²) in [6, 6.07) is 2.27. The van der Waals surface area contributed by atoms with Crippen LogP contribution in [-0.2, 0) is 9.53 Å². The monoisotopic (exact) mass is 346 g/mol. The number of piperazine rings is 1. The molecule has 1 amide bonds. The van der Waals surface area contributed by atoms with E-state index in [-0.39, 0.29) is 17.6 Å². The number of rotatable bonds is 4. The molecular formula is C17H26N6O2. The fourth-order valence-corrected chi connectivity index (χ4v) is 3.88. The number of hydrogen-bond acceptors (Lipinski definition) is 7. The molecule has 3 fully saturated rings. The Morgan fingerprint density at radius 3 is 2.76 bits per heavy atom. The Kier molecular flexibility index (Phi) is 4.04. The molecule has 0 bridgehead atoms. The fraction of sp³-hybridized carbons (Fsp3) is 0.706. The number of carbonyl (C=O) groups is 1. The minimum Gasteiger partial charge on any atom is -0.378 e. The first kappa shape index (κ1) is 16.5. The van der Waals surface area contributed by atoms with Gasteiger partial charge in [-0.3, -0.25) is 4.79 Å². The lowest BCUT2D eigenvalue weighted by molar-refractivity contribution is -0.121. The summed E-state index contributed by atoms with van der Waals surface area (Å²) in [7, 11) is 5.91. The van der Waals surface area contributed by atoms with Gasteiger partial charge in [-0.15, -0.1) is 0 Å². The van der Waals surface area contributed by atoms with Gasteiger partial charge in [0.2, 0.25) is 11.9 Å². The van der Waals surface area contributed by atoms with E-state index >= 15 is 0 Å². The highest BCUT2D eigenvalue weighted by Crippen LogP contribution is 2.38. The lowest BCUT2D eigenvalue weighted by Gasteiger charge is -2.33. The summed E-state index contributed by atoms with van der Waals surface area (Å²) in [4.78, 5) is 27.6. The Hall–Kier alpha value is -1.93. The highest BCUT2D eigenvalue weighted by Gasteiger charge is 2.48. The predicted octanol–water partition coefficient (Wildman–Crippen LogP) is -0.289. The lowest BCUT2D eigenvalue weighted by atomic mass is 10.2. The van der Waals surface area contributed by atoms with Crippen LogP contribution < -0.4 is 15.1 Å². The summed E-state index contributed by atoms with van der Waals surface area (Å²) in [6.07, 6.45) is 4.03. The second-order valence-electron chi connectivity index (χ2n) is 7.61. The van der Waals surface area contributed by atoms with E-state index < -0.39 is 0 Å². The summed E-state index contributed by atoms with van der Waals surface area (Å²) in [5.41, 5.74) is -0.0422. The highest BCUT2D eigenvalue weighted by molar-refractivity contribution is 5.83. The van der Waals surface area contributed by atoms with Crippen LogP contribution in [-0.4, -0.2) is 85.8 Å². The number of nitrogens with zero attached hydrogens (tertiary/aromatic N) is 5. The molecular weight excluding hydrogens is 320 g/mol. The molecule has 25 heavy (non-hydrogen) atoms. The molecule has 2 aliphatic heterocycles. The van der Waals surface area contributed by atoms with Gasteiger partial charge in [0.05, 0.1) is 24.2 Å². The molecule has 1 aromatic heterocycles. The van der Waals surface area contributed by atoms with Crippen LogP contribution in [0.4, 0.5) is 11.8 Å². The minimum atomic E-state index is -0.0422. The topological polar surface area (TPSA) is 73.8 Å². The van der Waals surface area contributed by atoms with Crippen LogP contribution >= 0.6 is 0 Å². The molecule has 3 aliphatic rings. The van der Waals surface area contributed by atoms with Gasteiger partial charge in [0.15, 0.2) is 0 Å². The van der Waals surface area contributed by atoms with Gasteiger partial charge in [-0.2, -0.15) is 4.98 Å². The molecule has 1 aromatic rings. The third kappa shape index (κ3) is 3.16. The molecule has 1 spiro atoms. The Labute approximate surface area is 148 Å². The maximum atomic E-state index is 12.0. The van der Waals surface area contributed by atoms with Gasteiger partial charge in [-0.1, -0.05) is 0 Å². The van der Waals surface area contributed by atoms with E-state index in [1.54, 1.807) is 13.3 Å². The van der Waals surface area contributed by atoms with Crippen LogP contribution in [0.25, 0.3) is 0 Å². The maximum Gasteiger partial charge on any atom is 0.240 e. The number of anilines is 2. The molecule has 2 saturated heterocycles. The van der Waals surface area contributed by atoms with Crippen molar-refractivity contribution >= 4 is 17.7 Å². The Balaban J connectivity index is 1.53. The standard InChI is InChI=1S/C17H26N6O2/c1-21(2)12-8-22(9-13(12)25-3)14-4-7-18-16(19-14)23-10-15(24)20-17(11-23)5-6-17/h4,7,12-13H,5-6,8-11H2,1-3H3,(H,20,24)/t12-,13+/m0/s1. The van der Waals surface area contributed by atoms with Crippen molar-refractivity contribution in [2.24, 2.45) is 0 Å². The number of amides is 1. The smallest absolute Gasteiger partial charge is 0.240 e. The van der Waals surface area contributed by atoms with Crippen molar-refractivity contribution in [3.8, 4) is 0 Å². The molecule has 2 atom stereocenters. The highest BCUT2D eigenvalue weighted by atomic mass is 16.5. The second kappa shape index (κ2) is 6.10. The van der Waals surface area contributed by atoms with Crippen molar-refractivity contribution in [2.75, 3.05) is 57.2 Å². The first-order valence-corrected chi connectivity index (χ1v) is 8.83. The number of aromatic nitrogens is 2. The largest absolute Gasteiger partial charge is 0.378 e. The molecule has 3 heterocycles. The molecule has 8 heteroatoms. The summed E-state index contributed by atoms with van der Waals surface area (Å²) in [5, 5.41) is 3.10. The number of ether oxygens (including phenoxy) is 1. The van der Waals surface area contributed by atoms with Crippen molar-refractivity contribution in [2.45, 2.75) is 30.5 Å². The fourth-order valence-electron chi connectivity index (χ4n) is 3.88. The van der Waals surface area contributed by atoms with E-state index in [9.17, 15) is 4.79 Å². The van der Waals surface area contributed by atoms with Crippen molar-refractivity contribution in [3.63, 3.8) is 0 Å². The first-order valence-electron chi connectivity index (χ1n) is 8.83. The molecule has 1 aliphatic carbocycles. The van der Waals surface area contributed by atoms with Gasteiger partial charge in [0.25, 0.3) is 0 Å². The van der Waals surface area contributed by atoms with E-state index in [0.29, 0.717) is 18.5 Å². The van der Waals surface area contributed by atoms with Gasteiger partial charge in [0, 0.05) is 32.9 Å². The van der Waals surface area contributed by atoms with Crippen LogP contribution in [0.15, 0.2) is 12.3 Å². The minimum absolute atomic E-state index is 0.0422. The summed E-state index contributed by atoms with van der Waals surface area (Å²) in [5.74, 6) is 1.60. The van der Waals surface area contributed by atoms with Gasteiger partial charge >= 0.3 is 0 Å². The number of carbonyl (C=O) groups excluding carboxylic acids is 1. The molecule has 1 N–H and O–H groups in total. The molecule has 136 valence electrons. The average molecular weight is 346 g/mol. The molecule has 4 rings (SSSR count). The van der Waals surface area contributed by atoms with Crippen molar-refractivity contribution in [1.29, 1.82) is 0 Å². The molecule has 8 nitrogen and oxygen atoms in total. The Morgan fingerprint density at radius 1 is 1.32 bits per heavy atom.